The van der Waals surface area contributed by atoms with Gasteiger partial charge >= 0.3 is 0 Å². The number of piperazine rings is 1. The fourth-order valence-corrected chi connectivity index (χ4v) is 0.795. The minimum absolute atomic E-state index is 0.108. The van der Waals surface area contributed by atoms with Gasteiger partial charge in [-0.05, 0) is 0 Å². The zero-order chi connectivity index (χ0) is 6.69. The van der Waals surface area contributed by atoms with Gasteiger partial charge in [-0.15, -0.1) is 0 Å². The Hall–Kier alpha value is -0.610. The molecule has 0 aromatic rings. The van der Waals surface area contributed by atoms with E-state index in [0.717, 1.165) is 6.54 Å². The molecular weight excluding hydrogens is 120 g/mol. The van der Waals surface area contributed by atoms with Crippen molar-refractivity contribution >= 4 is 5.91 Å². The summed E-state index contributed by atoms with van der Waals surface area (Å²) in [6.45, 7) is 1.29. The Morgan fingerprint density at radius 3 is 2.89 bits per heavy atom. The molecule has 1 saturated heterocycles. The van der Waals surface area contributed by atoms with Crippen LogP contribution in [-0.4, -0.2) is 36.8 Å². The summed E-state index contributed by atoms with van der Waals surface area (Å²) in [6, 6.07) is -0.390. The molecule has 0 bridgehead atoms. The molecule has 9 heavy (non-hydrogen) atoms. The van der Waals surface area contributed by atoms with Gasteiger partial charge in [0.05, 0.1) is 6.61 Å². The fraction of sp³-hybridized carbons (Fsp3) is 0.800. The highest BCUT2D eigenvalue weighted by molar-refractivity contribution is 5.82. The molecule has 0 aliphatic carbocycles. The number of carbonyl (C=O) groups excluding carboxylic acids is 1. The van der Waals surface area contributed by atoms with Crippen LogP contribution in [0.2, 0.25) is 0 Å². The van der Waals surface area contributed by atoms with E-state index in [9.17, 15) is 4.79 Å². The van der Waals surface area contributed by atoms with Crippen LogP contribution in [0.25, 0.3) is 0 Å². The van der Waals surface area contributed by atoms with Gasteiger partial charge in [0.2, 0.25) is 5.91 Å². The first-order valence-electron chi connectivity index (χ1n) is 2.96. The van der Waals surface area contributed by atoms with Gasteiger partial charge in [-0.2, -0.15) is 0 Å². The number of hydrogen-bond acceptors (Lipinski definition) is 3. The van der Waals surface area contributed by atoms with E-state index in [4.69, 9.17) is 5.11 Å². The van der Waals surface area contributed by atoms with Gasteiger partial charge in [-0.1, -0.05) is 0 Å². The van der Waals surface area contributed by atoms with Crippen LogP contribution in [0.3, 0.4) is 0 Å². The van der Waals surface area contributed by atoms with Gasteiger partial charge in [0, 0.05) is 13.1 Å². The Morgan fingerprint density at radius 1 is 1.67 bits per heavy atom. The van der Waals surface area contributed by atoms with E-state index in [1.54, 1.807) is 0 Å². The van der Waals surface area contributed by atoms with E-state index in [0.29, 0.717) is 6.54 Å². The summed E-state index contributed by atoms with van der Waals surface area (Å²) in [7, 11) is 0. The van der Waals surface area contributed by atoms with Gasteiger partial charge in [-0.25, -0.2) is 0 Å². The third kappa shape index (κ3) is 1.40. The average molecular weight is 130 g/mol. The second kappa shape index (κ2) is 2.80. The highest BCUT2D eigenvalue weighted by Gasteiger charge is 2.19. The molecule has 0 spiro atoms. The first kappa shape index (κ1) is 6.51. The molecule has 1 atom stereocenters. The zero-order valence-electron chi connectivity index (χ0n) is 5.05. The van der Waals surface area contributed by atoms with Crippen molar-refractivity contribution in [3.63, 3.8) is 0 Å². The maximum absolute atomic E-state index is 10.7. The monoisotopic (exact) mass is 130 g/mol. The maximum Gasteiger partial charge on any atom is 0.239 e. The first-order valence-corrected chi connectivity index (χ1v) is 2.96. The number of aliphatic hydroxyl groups is 1. The van der Waals surface area contributed by atoms with Gasteiger partial charge in [0.15, 0.2) is 0 Å². The second-order valence-corrected chi connectivity index (χ2v) is 1.98. The Balaban J connectivity index is 2.39. The summed E-state index contributed by atoms with van der Waals surface area (Å²) >= 11 is 0. The van der Waals surface area contributed by atoms with Crippen molar-refractivity contribution < 1.29 is 9.90 Å². The van der Waals surface area contributed by atoms with Crippen molar-refractivity contribution in [3.05, 3.63) is 0 Å². The molecule has 52 valence electrons. The number of rotatable bonds is 1. The molecule has 1 heterocycles. The molecule has 4 heteroatoms. The highest BCUT2D eigenvalue weighted by Crippen LogP contribution is 1.85. The van der Waals surface area contributed by atoms with Crippen LogP contribution in [0.1, 0.15) is 0 Å². The summed E-state index contributed by atoms with van der Waals surface area (Å²) < 4.78 is 0. The summed E-state index contributed by atoms with van der Waals surface area (Å²) in [4.78, 5) is 10.7. The van der Waals surface area contributed by atoms with Gasteiger partial charge in [-0.3, -0.25) is 4.79 Å². The molecule has 1 fully saturated rings. The van der Waals surface area contributed by atoms with Crippen molar-refractivity contribution in [2.45, 2.75) is 6.04 Å². The predicted octanol–water partition coefficient (Wildman–Crippen LogP) is -1.93. The Morgan fingerprint density at radius 2 is 2.44 bits per heavy atom. The van der Waals surface area contributed by atoms with E-state index in [-0.39, 0.29) is 12.5 Å². The number of hydrogen-bond donors (Lipinski definition) is 3. The number of nitrogens with one attached hydrogen (secondary N) is 2. The maximum atomic E-state index is 10.7. The number of amides is 1. The smallest absolute Gasteiger partial charge is 0.239 e. The SMILES string of the molecule is O=C1NCCN[C@@H]1CO. The predicted molar refractivity (Wildman–Crippen MR) is 31.9 cm³/mol. The topological polar surface area (TPSA) is 61.4 Å². The van der Waals surface area contributed by atoms with E-state index < -0.39 is 6.04 Å². The van der Waals surface area contributed by atoms with E-state index in [1.165, 1.54) is 0 Å². The van der Waals surface area contributed by atoms with Crippen LogP contribution < -0.4 is 10.6 Å². The molecule has 0 saturated carbocycles. The number of aliphatic hydroxyl groups excluding tert-OH is 1. The quantitative estimate of drug-likeness (QED) is 0.387. The molecule has 0 unspecified atom stereocenters. The first-order chi connectivity index (χ1) is 4.34. The molecule has 0 aromatic heterocycles. The lowest BCUT2D eigenvalue weighted by atomic mass is 10.2. The molecule has 1 aliphatic rings. The lowest BCUT2D eigenvalue weighted by Crippen LogP contribution is -2.54. The van der Waals surface area contributed by atoms with Crippen LogP contribution in [0.5, 0.6) is 0 Å². The molecule has 0 aromatic carbocycles. The average Bonchev–Trinajstić information content (AvgIpc) is 1.89. The van der Waals surface area contributed by atoms with Crippen molar-refractivity contribution in [1.82, 2.24) is 10.6 Å². The van der Waals surface area contributed by atoms with Crippen LogP contribution >= 0.6 is 0 Å². The third-order valence-corrected chi connectivity index (χ3v) is 1.31. The molecule has 3 N–H and O–H groups in total. The molecule has 1 amide bonds. The Kier molecular flexibility index (Phi) is 2.02. The standard InChI is InChI=1S/C5H10N2O2/c8-3-4-5(9)7-2-1-6-4/h4,6,8H,1-3H2,(H,7,9)/t4-/m1/s1. The summed E-state index contributed by atoms with van der Waals surface area (Å²) in [5, 5.41) is 14.0. The largest absolute Gasteiger partial charge is 0.394 e. The van der Waals surface area contributed by atoms with Gasteiger partial charge in [0.25, 0.3) is 0 Å². The van der Waals surface area contributed by atoms with Gasteiger partial charge in [0.1, 0.15) is 6.04 Å². The molecular formula is C5H10N2O2. The highest BCUT2D eigenvalue weighted by atomic mass is 16.3. The van der Waals surface area contributed by atoms with Crippen LogP contribution in [0.4, 0.5) is 0 Å². The van der Waals surface area contributed by atoms with Crippen molar-refractivity contribution in [1.29, 1.82) is 0 Å². The lowest BCUT2D eigenvalue weighted by Gasteiger charge is -2.20. The van der Waals surface area contributed by atoms with Crippen molar-refractivity contribution in [2.75, 3.05) is 19.7 Å². The summed E-state index contributed by atoms with van der Waals surface area (Å²) in [5.41, 5.74) is 0. The zero-order valence-corrected chi connectivity index (χ0v) is 5.05. The second-order valence-electron chi connectivity index (χ2n) is 1.98. The van der Waals surface area contributed by atoms with Crippen LogP contribution in [-0.2, 0) is 4.79 Å². The Labute approximate surface area is 53.2 Å². The Bertz CT molecular complexity index is 116. The minimum Gasteiger partial charge on any atom is -0.394 e. The molecule has 1 rings (SSSR count). The fourth-order valence-electron chi connectivity index (χ4n) is 0.795. The van der Waals surface area contributed by atoms with Crippen molar-refractivity contribution in [3.8, 4) is 0 Å². The summed E-state index contributed by atoms with van der Waals surface area (Å²) in [5.74, 6) is -0.108. The van der Waals surface area contributed by atoms with Crippen LogP contribution in [0, 0.1) is 0 Å². The lowest BCUT2D eigenvalue weighted by molar-refractivity contribution is -0.125. The number of carbonyl (C=O) groups is 1. The van der Waals surface area contributed by atoms with Crippen LogP contribution in [0.15, 0.2) is 0 Å². The molecule has 1 aliphatic heterocycles. The van der Waals surface area contributed by atoms with Crippen molar-refractivity contribution in [2.24, 2.45) is 0 Å². The van der Waals surface area contributed by atoms with E-state index in [2.05, 4.69) is 10.6 Å². The van der Waals surface area contributed by atoms with E-state index in [1.807, 2.05) is 0 Å². The summed E-state index contributed by atoms with van der Waals surface area (Å²) in [6.07, 6.45) is 0. The third-order valence-electron chi connectivity index (χ3n) is 1.31. The molecule has 0 radical (unpaired) electrons. The molecule has 4 nitrogen and oxygen atoms in total. The van der Waals surface area contributed by atoms with E-state index >= 15 is 0 Å². The minimum atomic E-state index is -0.390. The van der Waals surface area contributed by atoms with Gasteiger partial charge < -0.3 is 15.7 Å². The normalized spacial score (nSPS) is 27.7.